The van der Waals surface area contributed by atoms with Crippen LogP contribution in [0.15, 0.2) is 29.3 Å². The summed E-state index contributed by atoms with van der Waals surface area (Å²) in [6.07, 6.45) is 0.0726. The number of carbonyl (C=O) groups is 1. The second-order valence-corrected chi connectivity index (χ2v) is 7.93. The number of fused-ring (bicyclic) bond motifs is 3. The van der Waals surface area contributed by atoms with Crippen LogP contribution in [0.2, 0.25) is 0 Å². The summed E-state index contributed by atoms with van der Waals surface area (Å²) in [6.45, 7) is 6.04. The number of benzene rings is 1. The highest BCUT2D eigenvalue weighted by molar-refractivity contribution is 7.15. The first-order valence-corrected chi connectivity index (χ1v) is 9.69. The van der Waals surface area contributed by atoms with Crippen LogP contribution in [0.25, 0.3) is 5.00 Å². The molecule has 1 unspecified atom stereocenters. The first-order chi connectivity index (χ1) is 13.4. The van der Waals surface area contributed by atoms with Crippen LogP contribution in [0.4, 0.5) is 0 Å². The third-order valence-corrected chi connectivity index (χ3v) is 6.16. The molecule has 1 aromatic carbocycles. The molecule has 0 saturated heterocycles. The molecule has 144 valence electrons. The van der Waals surface area contributed by atoms with Gasteiger partial charge in [0.2, 0.25) is 0 Å². The van der Waals surface area contributed by atoms with E-state index in [4.69, 9.17) is 9.73 Å². The molecule has 2 aromatic heterocycles. The Morgan fingerprint density at radius 3 is 2.61 bits per heavy atom. The predicted octanol–water partition coefficient (Wildman–Crippen LogP) is 3.41. The SMILES string of the molecule is COC(=O)CC1N=C(c2ccc(O)cc2)c2c(sc(C)c2C)-n2c(C)nnc21. The third-order valence-electron chi connectivity index (χ3n) is 4.97. The van der Waals surface area contributed by atoms with Crippen LogP contribution in [0.1, 0.15) is 45.7 Å². The Hall–Kier alpha value is -3.00. The lowest BCUT2D eigenvalue weighted by molar-refractivity contribution is -0.141. The maximum absolute atomic E-state index is 12.0. The number of thiophene rings is 1. The lowest BCUT2D eigenvalue weighted by Crippen LogP contribution is -2.12. The second kappa shape index (κ2) is 6.87. The molecule has 0 aliphatic carbocycles. The number of aromatic hydroxyl groups is 1. The molecule has 1 aliphatic rings. The van der Waals surface area contributed by atoms with Gasteiger partial charge in [-0.15, -0.1) is 21.5 Å². The van der Waals surface area contributed by atoms with E-state index in [2.05, 4.69) is 24.0 Å². The molecule has 8 heteroatoms. The highest BCUT2D eigenvalue weighted by Crippen LogP contribution is 2.39. The number of esters is 1. The molecule has 28 heavy (non-hydrogen) atoms. The monoisotopic (exact) mass is 396 g/mol. The highest BCUT2D eigenvalue weighted by atomic mass is 32.1. The Morgan fingerprint density at radius 2 is 1.93 bits per heavy atom. The summed E-state index contributed by atoms with van der Waals surface area (Å²) in [7, 11) is 1.37. The number of carbonyl (C=O) groups excluding carboxylic acids is 1. The summed E-state index contributed by atoms with van der Waals surface area (Å²) in [5.74, 6) is 1.20. The smallest absolute Gasteiger partial charge is 0.308 e. The van der Waals surface area contributed by atoms with Gasteiger partial charge in [-0.05, 0) is 50.6 Å². The fraction of sp³-hybridized carbons (Fsp3) is 0.300. The number of nitrogens with zero attached hydrogens (tertiary/aromatic N) is 4. The number of aliphatic imine (C=N–C) groups is 1. The largest absolute Gasteiger partial charge is 0.508 e. The molecule has 0 amide bonds. The van der Waals surface area contributed by atoms with Gasteiger partial charge < -0.3 is 9.84 Å². The molecule has 1 atom stereocenters. The first-order valence-electron chi connectivity index (χ1n) is 8.87. The molecular formula is C20H20N4O3S. The quantitative estimate of drug-likeness (QED) is 0.685. The third kappa shape index (κ3) is 2.90. The lowest BCUT2D eigenvalue weighted by Gasteiger charge is -2.11. The fourth-order valence-corrected chi connectivity index (χ4v) is 4.60. The molecule has 0 saturated carbocycles. The van der Waals surface area contributed by atoms with Gasteiger partial charge in [0.05, 0.1) is 19.2 Å². The second-order valence-electron chi connectivity index (χ2n) is 6.72. The van der Waals surface area contributed by atoms with Crippen LogP contribution >= 0.6 is 11.3 Å². The van der Waals surface area contributed by atoms with Crippen molar-refractivity contribution in [2.45, 2.75) is 33.2 Å². The fourth-order valence-electron chi connectivity index (χ4n) is 3.39. The van der Waals surface area contributed by atoms with Gasteiger partial charge >= 0.3 is 5.97 Å². The highest BCUT2D eigenvalue weighted by Gasteiger charge is 2.32. The van der Waals surface area contributed by atoms with Gasteiger partial charge in [0, 0.05) is 16.0 Å². The van der Waals surface area contributed by atoms with Crippen molar-refractivity contribution in [3.05, 3.63) is 57.5 Å². The first kappa shape index (κ1) is 18.4. The number of aryl methyl sites for hydroxylation is 2. The van der Waals surface area contributed by atoms with E-state index in [1.165, 1.54) is 12.0 Å². The number of phenolic OH excluding ortho intramolecular Hbond substituents is 1. The Morgan fingerprint density at radius 1 is 1.21 bits per heavy atom. The zero-order valence-corrected chi connectivity index (χ0v) is 16.9. The molecule has 0 spiro atoms. The summed E-state index contributed by atoms with van der Waals surface area (Å²) in [6, 6.07) is 6.42. The number of rotatable bonds is 3. The van der Waals surface area contributed by atoms with Crippen molar-refractivity contribution in [3.8, 4) is 10.8 Å². The van der Waals surface area contributed by atoms with E-state index < -0.39 is 6.04 Å². The number of phenols is 1. The lowest BCUT2D eigenvalue weighted by atomic mass is 9.99. The number of hydrogen-bond donors (Lipinski definition) is 1. The Labute approximate surface area is 166 Å². The van der Waals surface area contributed by atoms with Gasteiger partial charge in [-0.3, -0.25) is 14.4 Å². The molecule has 3 aromatic rings. The van der Waals surface area contributed by atoms with Crippen molar-refractivity contribution < 1.29 is 14.6 Å². The molecule has 4 rings (SSSR count). The molecule has 0 fully saturated rings. The Balaban J connectivity index is 2.01. The van der Waals surface area contributed by atoms with Crippen LogP contribution in [0.5, 0.6) is 5.75 Å². The van der Waals surface area contributed by atoms with Gasteiger partial charge in [0.15, 0.2) is 5.82 Å². The molecule has 3 heterocycles. The van der Waals surface area contributed by atoms with E-state index in [0.29, 0.717) is 5.82 Å². The minimum atomic E-state index is -0.517. The minimum Gasteiger partial charge on any atom is -0.508 e. The molecule has 7 nitrogen and oxygen atoms in total. The van der Waals surface area contributed by atoms with E-state index in [1.54, 1.807) is 23.5 Å². The van der Waals surface area contributed by atoms with Gasteiger partial charge in [0.25, 0.3) is 0 Å². The van der Waals surface area contributed by atoms with Crippen molar-refractivity contribution in [1.29, 1.82) is 0 Å². The normalized spacial score (nSPS) is 15.4. The topological polar surface area (TPSA) is 89.6 Å². The molecule has 1 aliphatic heterocycles. The molecule has 0 radical (unpaired) electrons. The van der Waals surface area contributed by atoms with E-state index in [9.17, 15) is 9.90 Å². The summed E-state index contributed by atoms with van der Waals surface area (Å²) < 4.78 is 6.87. The average Bonchev–Trinajstić information content (AvgIpc) is 3.15. The number of hydrogen-bond acceptors (Lipinski definition) is 7. The number of ether oxygens (including phenoxy) is 1. The van der Waals surface area contributed by atoms with Crippen molar-refractivity contribution in [1.82, 2.24) is 14.8 Å². The summed E-state index contributed by atoms with van der Waals surface area (Å²) in [4.78, 5) is 18.2. The summed E-state index contributed by atoms with van der Waals surface area (Å²) >= 11 is 1.66. The summed E-state index contributed by atoms with van der Waals surface area (Å²) in [5, 5.41) is 19.2. The van der Waals surface area contributed by atoms with E-state index >= 15 is 0 Å². The van der Waals surface area contributed by atoms with Crippen LogP contribution in [-0.4, -0.2) is 38.7 Å². The maximum atomic E-state index is 12.0. The molecule has 1 N–H and O–H groups in total. The standard InChI is InChI=1S/C20H20N4O3S/c1-10-11(2)28-20-17(10)18(13-5-7-14(25)8-6-13)21-15(9-16(26)27-4)19-23-22-12(3)24(19)20/h5-8,15,25H,9H2,1-4H3. The zero-order valence-electron chi connectivity index (χ0n) is 16.1. The molecule has 0 bridgehead atoms. The van der Waals surface area contributed by atoms with Gasteiger partial charge in [-0.25, -0.2) is 0 Å². The predicted molar refractivity (Wildman–Crippen MR) is 107 cm³/mol. The molecular weight excluding hydrogens is 376 g/mol. The number of aromatic nitrogens is 3. The van der Waals surface area contributed by atoms with E-state index in [-0.39, 0.29) is 18.1 Å². The zero-order chi connectivity index (χ0) is 20.0. The Kier molecular flexibility index (Phi) is 4.50. The van der Waals surface area contributed by atoms with Crippen molar-refractivity contribution in [3.63, 3.8) is 0 Å². The van der Waals surface area contributed by atoms with Crippen molar-refractivity contribution in [2.24, 2.45) is 4.99 Å². The summed E-state index contributed by atoms with van der Waals surface area (Å²) in [5.41, 5.74) is 3.77. The van der Waals surface area contributed by atoms with Crippen molar-refractivity contribution >= 4 is 23.0 Å². The average molecular weight is 396 g/mol. The van der Waals surface area contributed by atoms with Gasteiger partial charge in [-0.1, -0.05) is 0 Å². The number of methoxy groups -OCH3 is 1. The van der Waals surface area contributed by atoms with E-state index in [0.717, 1.165) is 33.2 Å². The maximum Gasteiger partial charge on any atom is 0.308 e. The van der Waals surface area contributed by atoms with Crippen molar-refractivity contribution in [2.75, 3.05) is 7.11 Å². The van der Waals surface area contributed by atoms with Gasteiger partial charge in [0.1, 0.15) is 22.6 Å². The van der Waals surface area contributed by atoms with Gasteiger partial charge in [-0.2, -0.15) is 0 Å². The Bertz CT molecular complexity index is 1100. The van der Waals surface area contributed by atoms with E-state index in [1.807, 2.05) is 23.6 Å². The minimum absolute atomic E-state index is 0.0726. The van der Waals surface area contributed by atoms with Crippen LogP contribution < -0.4 is 0 Å². The van der Waals surface area contributed by atoms with Crippen LogP contribution in [-0.2, 0) is 9.53 Å². The van der Waals surface area contributed by atoms with Crippen LogP contribution in [0.3, 0.4) is 0 Å². The van der Waals surface area contributed by atoms with Crippen LogP contribution in [0, 0.1) is 20.8 Å².